The molecule has 0 saturated carbocycles. The van der Waals surface area contributed by atoms with E-state index in [0.717, 1.165) is 11.1 Å². The number of carboxylic acids is 1. The number of aliphatic imine (C=N–C) groups is 1. The van der Waals surface area contributed by atoms with Crippen molar-refractivity contribution < 1.29 is 29.5 Å². The number of amides is 2. The molecule has 2 amide bonds. The molecule has 13 heteroatoms. The Morgan fingerprint density at radius 1 is 1.21 bits per heavy atom. The average Bonchev–Trinajstić information content (AvgIpc) is 3.30. The van der Waals surface area contributed by atoms with Crippen molar-refractivity contribution in [3.8, 4) is 0 Å². The molecule has 3 rings (SSSR count). The largest absolute Gasteiger partial charge is 0.481 e. The summed E-state index contributed by atoms with van der Waals surface area (Å²) in [7, 11) is 0. The summed E-state index contributed by atoms with van der Waals surface area (Å²) in [5.74, 6) is -2.86. The standard InChI is InChI=1S/C25H33N7O6/c1-3-20(32-9-8-27-23(25(32)37)28-11-18(26)15(2)30-38)24(36)29-19(10-22(34)35)21(33)14-31-12-16-6-4-5-7-17(16)13-31/h4-7,19-20,26,38H,3,8-14H2,1-2H3,(H,27,28)(H,29,36)(H,34,35)/b26-18?,30-15-. The van der Waals surface area contributed by atoms with Gasteiger partial charge in [0.05, 0.1) is 43.5 Å². The van der Waals surface area contributed by atoms with Crippen molar-refractivity contribution >= 4 is 40.8 Å². The SMILES string of the molecule is CCC(C(=O)NC(CC(=O)O)C(=O)CN1Cc2ccccc2C1)N1CCN=C(NCC(=N)/C(C)=N\O)C1=O. The molecule has 0 spiro atoms. The Hall–Kier alpha value is -4.13. The number of carbonyl (C=O) groups is 4. The van der Waals surface area contributed by atoms with E-state index in [2.05, 4.69) is 20.8 Å². The number of nitrogens with one attached hydrogen (secondary N) is 3. The van der Waals surface area contributed by atoms with Crippen molar-refractivity contribution in [1.29, 1.82) is 5.41 Å². The molecule has 2 heterocycles. The lowest BCUT2D eigenvalue weighted by Gasteiger charge is -2.33. The van der Waals surface area contributed by atoms with Crippen LogP contribution in [0.1, 0.15) is 37.8 Å². The van der Waals surface area contributed by atoms with Crippen LogP contribution in [0.15, 0.2) is 34.4 Å². The van der Waals surface area contributed by atoms with Gasteiger partial charge in [-0.2, -0.15) is 0 Å². The minimum Gasteiger partial charge on any atom is -0.481 e. The number of fused-ring (bicyclic) bond motifs is 1. The van der Waals surface area contributed by atoms with Crippen LogP contribution in [0.5, 0.6) is 0 Å². The lowest BCUT2D eigenvalue weighted by atomic mass is 10.1. The van der Waals surface area contributed by atoms with Gasteiger partial charge in [-0.25, -0.2) is 0 Å². The van der Waals surface area contributed by atoms with Crippen LogP contribution in [0.4, 0.5) is 0 Å². The Labute approximate surface area is 220 Å². The molecule has 0 aliphatic carbocycles. The van der Waals surface area contributed by atoms with Crippen LogP contribution in [-0.2, 0) is 32.3 Å². The second kappa shape index (κ2) is 12.9. The lowest BCUT2D eigenvalue weighted by molar-refractivity contribution is -0.142. The maximum atomic E-state index is 13.2. The highest BCUT2D eigenvalue weighted by molar-refractivity contribution is 6.43. The molecule has 0 saturated heterocycles. The highest BCUT2D eigenvalue weighted by atomic mass is 16.4. The minimum atomic E-state index is -1.25. The average molecular weight is 528 g/mol. The van der Waals surface area contributed by atoms with Crippen LogP contribution in [0.2, 0.25) is 0 Å². The molecule has 0 bridgehead atoms. The highest BCUT2D eigenvalue weighted by Gasteiger charge is 2.35. The van der Waals surface area contributed by atoms with Crippen molar-refractivity contribution in [2.75, 3.05) is 26.2 Å². The Balaban J connectivity index is 1.64. The molecule has 0 fully saturated rings. The Morgan fingerprint density at radius 3 is 2.45 bits per heavy atom. The Bertz CT molecular complexity index is 1140. The van der Waals surface area contributed by atoms with Crippen molar-refractivity contribution in [3.63, 3.8) is 0 Å². The summed E-state index contributed by atoms with van der Waals surface area (Å²) in [5, 5.41) is 34.3. The highest BCUT2D eigenvalue weighted by Crippen LogP contribution is 2.22. The first-order valence-electron chi connectivity index (χ1n) is 12.3. The molecule has 2 aliphatic rings. The fraction of sp³-hybridized carbons (Fsp3) is 0.480. The molecule has 1 aromatic carbocycles. The summed E-state index contributed by atoms with van der Waals surface area (Å²) in [6, 6.07) is 5.61. The van der Waals surface area contributed by atoms with E-state index in [-0.39, 0.29) is 49.9 Å². The molecule has 0 aromatic heterocycles. The lowest BCUT2D eigenvalue weighted by Crippen LogP contribution is -2.58. The molecule has 1 aromatic rings. The van der Waals surface area contributed by atoms with Crippen LogP contribution in [0.3, 0.4) is 0 Å². The van der Waals surface area contributed by atoms with E-state index in [4.69, 9.17) is 10.6 Å². The topological polar surface area (TPSA) is 188 Å². The van der Waals surface area contributed by atoms with E-state index < -0.39 is 42.1 Å². The summed E-state index contributed by atoms with van der Waals surface area (Å²) in [5.41, 5.74) is 2.25. The monoisotopic (exact) mass is 527 g/mol. The summed E-state index contributed by atoms with van der Waals surface area (Å²) in [6.45, 7) is 4.53. The van der Waals surface area contributed by atoms with Gasteiger partial charge in [0.25, 0.3) is 5.91 Å². The summed E-state index contributed by atoms with van der Waals surface area (Å²) in [6.07, 6.45) is -0.343. The molecule has 2 unspecified atom stereocenters. The maximum Gasteiger partial charge on any atom is 0.305 e. The number of aliphatic carboxylic acids is 1. The number of oxime groups is 1. The van der Waals surface area contributed by atoms with Gasteiger partial charge < -0.3 is 31.3 Å². The van der Waals surface area contributed by atoms with Gasteiger partial charge >= 0.3 is 5.97 Å². The second-order valence-electron chi connectivity index (χ2n) is 9.21. The summed E-state index contributed by atoms with van der Waals surface area (Å²) >= 11 is 0. The molecule has 38 heavy (non-hydrogen) atoms. The van der Waals surface area contributed by atoms with E-state index in [1.54, 1.807) is 6.92 Å². The van der Waals surface area contributed by atoms with Crippen LogP contribution in [-0.4, -0.2) is 99.2 Å². The van der Waals surface area contributed by atoms with Crippen LogP contribution in [0, 0.1) is 5.41 Å². The number of hydrogen-bond acceptors (Lipinski definition) is 10. The zero-order valence-electron chi connectivity index (χ0n) is 21.4. The van der Waals surface area contributed by atoms with Gasteiger partial charge in [0.2, 0.25) is 5.91 Å². The molecule has 2 aliphatic heterocycles. The number of carboxylic acid groups (broad SMARTS) is 1. The Kier molecular flexibility index (Phi) is 9.66. The summed E-state index contributed by atoms with van der Waals surface area (Å²) in [4.78, 5) is 58.2. The number of carbonyl (C=O) groups excluding carboxylic acids is 3. The zero-order valence-corrected chi connectivity index (χ0v) is 21.4. The number of hydrogen-bond donors (Lipinski definition) is 5. The van der Waals surface area contributed by atoms with Crippen molar-refractivity contribution in [2.45, 2.75) is 51.9 Å². The molecular formula is C25H33N7O6. The van der Waals surface area contributed by atoms with E-state index in [9.17, 15) is 24.3 Å². The maximum absolute atomic E-state index is 13.2. The molecule has 204 valence electrons. The van der Waals surface area contributed by atoms with Crippen molar-refractivity contribution in [2.24, 2.45) is 10.1 Å². The van der Waals surface area contributed by atoms with Gasteiger partial charge in [-0.3, -0.25) is 29.1 Å². The van der Waals surface area contributed by atoms with Crippen LogP contribution < -0.4 is 10.6 Å². The molecule has 0 radical (unpaired) electrons. The molecule has 5 N–H and O–H groups in total. The van der Waals surface area contributed by atoms with Gasteiger partial charge in [0.1, 0.15) is 6.04 Å². The number of nitrogens with zero attached hydrogens (tertiary/aromatic N) is 4. The number of amidine groups is 1. The third-order valence-corrected chi connectivity index (χ3v) is 6.53. The molecule has 2 atom stereocenters. The summed E-state index contributed by atoms with van der Waals surface area (Å²) < 4.78 is 0. The van der Waals surface area contributed by atoms with Gasteiger partial charge in [0.15, 0.2) is 11.6 Å². The molecular weight excluding hydrogens is 494 g/mol. The third kappa shape index (κ3) is 7.00. The van der Waals surface area contributed by atoms with Gasteiger partial charge in [-0.15, -0.1) is 0 Å². The Morgan fingerprint density at radius 2 is 1.87 bits per heavy atom. The first-order valence-corrected chi connectivity index (χ1v) is 12.3. The normalized spacial score (nSPS) is 17.3. The van der Waals surface area contributed by atoms with E-state index in [1.807, 2.05) is 29.2 Å². The number of benzene rings is 1. The predicted octanol–water partition coefficient (Wildman–Crippen LogP) is 0.00957. The van der Waals surface area contributed by atoms with Gasteiger partial charge in [-0.1, -0.05) is 36.3 Å². The number of Topliss-reactive ketones (excluding diaryl/α,β-unsaturated/α-hetero) is 1. The van der Waals surface area contributed by atoms with E-state index in [0.29, 0.717) is 13.1 Å². The smallest absolute Gasteiger partial charge is 0.305 e. The fourth-order valence-corrected chi connectivity index (χ4v) is 4.45. The van der Waals surface area contributed by atoms with Gasteiger partial charge in [0, 0.05) is 19.6 Å². The number of ketones is 1. The first kappa shape index (κ1) is 28.4. The van der Waals surface area contributed by atoms with Gasteiger partial charge in [-0.05, 0) is 24.5 Å². The zero-order chi connectivity index (χ0) is 27.8. The van der Waals surface area contributed by atoms with Crippen LogP contribution in [0.25, 0.3) is 0 Å². The first-order chi connectivity index (χ1) is 18.1. The minimum absolute atomic E-state index is 0.0183. The molecule has 13 nitrogen and oxygen atoms in total. The quantitative estimate of drug-likeness (QED) is 0.143. The van der Waals surface area contributed by atoms with Crippen LogP contribution >= 0.6 is 0 Å². The van der Waals surface area contributed by atoms with Crippen molar-refractivity contribution in [1.82, 2.24) is 20.4 Å². The third-order valence-electron chi connectivity index (χ3n) is 6.53. The number of rotatable bonds is 12. The second-order valence-corrected chi connectivity index (χ2v) is 9.21. The van der Waals surface area contributed by atoms with E-state index in [1.165, 1.54) is 11.8 Å². The predicted molar refractivity (Wildman–Crippen MR) is 138 cm³/mol. The fourth-order valence-electron chi connectivity index (χ4n) is 4.45. The van der Waals surface area contributed by atoms with Crippen molar-refractivity contribution in [3.05, 3.63) is 35.4 Å². The van der Waals surface area contributed by atoms with E-state index >= 15 is 0 Å².